The number of hydrogen-bond donors (Lipinski definition) is 1. The number of amides is 1. The molecule has 0 unspecified atom stereocenters. The van der Waals surface area contributed by atoms with Crippen LogP contribution in [-0.4, -0.2) is 33.0 Å². The minimum atomic E-state index is -0.150. The Bertz CT molecular complexity index is 424. The van der Waals surface area contributed by atoms with Crippen LogP contribution in [0.4, 0.5) is 5.82 Å². The van der Waals surface area contributed by atoms with E-state index >= 15 is 0 Å². The number of hydrogen-bond acceptors (Lipinski definition) is 4. The molecule has 1 amide bonds. The Hall–Kier alpha value is -1.27. The highest BCUT2D eigenvalue weighted by Crippen LogP contribution is 2.18. The maximum Gasteiger partial charge on any atom is 0.250 e. The van der Waals surface area contributed by atoms with Crippen LogP contribution in [0.2, 0.25) is 0 Å². The monoisotopic (exact) mass is 267 g/mol. The SMILES string of the molecule is CCc1nc(CC)c(CC)c(NC(=O)CO[SiH3])n1. The number of rotatable bonds is 6. The van der Waals surface area contributed by atoms with Gasteiger partial charge in [0.2, 0.25) is 5.91 Å². The molecule has 6 heteroatoms. The molecule has 0 saturated heterocycles. The van der Waals surface area contributed by atoms with Gasteiger partial charge in [0.05, 0.1) is 0 Å². The maximum absolute atomic E-state index is 11.6. The quantitative estimate of drug-likeness (QED) is 0.758. The van der Waals surface area contributed by atoms with Crippen molar-refractivity contribution in [3.63, 3.8) is 0 Å². The van der Waals surface area contributed by atoms with Gasteiger partial charge in [-0.3, -0.25) is 4.79 Å². The van der Waals surface area contributed by atoms with Crippen LogP contribution in [0.15, 0.2) is 0 Å². The first-order valence-corrected chi connectivity index (χ1v) is 7.15. The highest BCUT2D eigenvalue weighted by atomic mass is 28.2. The average Bonchev–Trinajstić information content (AvgIpc) is 2.37. The molecule has 18 heavy (non-hydrogen) atoms. The zero-order valence-corrected chi connectivity index (χ0v) is 13.5. The van der Waals surface area contributed by atoms with Crippen molar-refractivity contribution in [2.24, 2.45) is 0 Å². The van der Waals surface area contributed by atoms with E-state index in [4.69, 9.17) is 4.43 Å². The fourth-order valence-electron chi connectivity index (χ4n) is 1.81. The summed E-state index contributed by atoms with van der Waals surface area (Å²) in [6.45, 7) is 6.21. The molecular formula is C12H21N3O2Si. The second-order valence-corrected chi connectivity index (χ2v) is 4.53. The first-order chi connectivity index (χ1) is 8.65. The molecule has 0 aliphatic carbocycles. The van der Waals surface area contributed by atoms with Crippen LogP contribution in [-0.2, 0) is 28.5 Å². The fourth-order valence-corrected chi connectivity index (χ4v) is 2.07. The number of aromatic nitrogens is 2. The van der Waals surface area contributed by atoms with Crippen molar-refractivity contribution in [1.82, 2.24) is 9.97 Å². The predicted octanol–water partition coefficient (Wildman–Crippen LogP) is 0.399. The Labute approximate surface area is 111 Å². The van der Waals surface area contributed by atoms with E-state index < -0.39 is 0 Å². The summed E-state index contributed by atoms with van der Waals surface area (Å²) < 4.78 is 4.95. The molecule has 5 nitrogen and oxygen atoms in total. The molecule has 1 heterocycles. The van der Waals surface area contributed by atoms with E-state index in [1.807, 2.05) is 13.8 Å². The number of carbonyl (C=O) groups excluding carboxylic acids is 1. The van der Waals surface area contributed by atoms with Crippen LogP contribution in [0, 0.1) is 0 Å². The number of nitrogens with one attached hydrogen (secondary N) is 1. The largest absolute Gasteiger partial charge is 0.419 e. The normalized spacial score (nSPS) is 10.6. The first-order valence-electron chi connectivity index (χ1n) is 6.33. The fraction of sp³-hybridized carbons (Fsp3) is 0.583. The topological polar surface area (TPSA) is 64.1 Å². The molecule has 0 fully saturated rings. The van der Waals surface area contributed by atoms with Crippen molar-refractivity contribution >= 4 is 22.2 Å². The van der Waals surface area contributed by atoms with Crippen molar-refractivity contribution in [3.8, 4) is 0 Å². The van der Waals surface area contributed by atoms with E-state index in [0.717, 1.165) is 36.3 Å². The van der Waals surface area contributed by atoms with E-state index in [9.17, 15) is 4.79 Å². The van der Waals surface area contributed by atoms with Gasteiger partial charge in [0, 0.05) is 17.7 Å². The number of nitrogens with zero attached hydrogens (tertiary/aromatic N) is 2. The summed E-state index contributed by atoms with van der Waals surface area (Å²) in [6, 6.07) is 0. The molecule has 1 aromatic heterocycles. The Kier molecular flexibility index (Phi) is 5.94. The van der Waals surface area contributed by atoms with Crippen LogP contribution in [0.1, 0.15) is 37.9 Å². The van der Waals surface area contributed by atoms with Crippen molar-refractivity contribution < 1.29 is 9.22 Å². The van der Waals surface area contributed by atoms with Gasteiger partial charge in [-0.2, -0.15) is 0 Å². The molecule has 0 saturated carbocycles. The third kappa shape index (κ3) is 3.61. The van der Waals surface area contributed by atoms with Crippen LogP contribution in [0.3, 0.4) is 0 Å². The van der Waals surface area contributed by atoms with Gasteiger partial charge in [0.15, 0.2) is 0 Å². The van der Waals surface area contributed by atoms with Crippen LogP contribution in [0.25, 0.3) is 0 Å². The average molecular weight is 267 g/mol. The van der Waals surface area contributed by atoms with Gasteiger partial charge in [0.1, 0.15) is 28.7 Å². The summed E-state index contributed by atoms with van der Waals surface area (Å²) in [6.07, 6.45) is 2.42. The van der Waals surface area contributed by atoms with Gasteiger partial charge >= 0.3 is 0 Å². The zero-order valence-electron chi connectivity index (χ0n) is 11.5. The standard InChI is InChI=1S/C12H21N3O2Si/c1-4-8-9(5-2)13-10(6-3)14-12(8)15-11(16)7-17-18/h4-7H2,1-3,18H3,(H,13,14,15,16). The third-order valence-electron chi connectivity index (χ3n) is 2.68. The highest BCUT2D eigenvalue weighted by molar-refractivity contribution is 6.00. The predicted molar refractivity (Wildman–Crippen MR) is 74.7 cm³/mol. The first kappa shape index (κ1) is 14.8. The molecule has 0 aliphatic rings. The smallest absolute Gasteiger partial charge is 0.250 e. The van der Waals surface area contributed by atoms with Crippen molar-refractivity contribution in [2.45, 2.75) is 40.0 Å². The molecular weight excluding hydrogens is 246 g/mol. The Morgan fingerprint density at radius 1 is 1.22 bits per heavy atom. The van der Waals surface area contributed by atoms with Crippen LogP contribution in [0.5, 0.6) is 0 Å². The van der Waals surface area contributed by atoms with E-state index in [2.05, 4.69) is 22.2 Å². The minimum absolute atomic E-state index is 0.0995. The molecule has 1 aromatic rings. The van der Waals surface area contributed by atoms with Gasteiger partial charge in [-0.05, 0) is 12.8 Å². The van der Waals surface area contributed by atoms with E-state index in [1.54, 1.807) is 0 Å². The van der Waals surface area contributed by atoms with E-state index in [0.29, 0.717) is 16.3 Å². The molecule has 0 aliphatic heterocycles. The van der Waals surface area contributed by atoms with Crippen molar-refractivity contribution in [2.75, 3.05) is 11.9 Å². The lowest BCUT2D eigenvalue weighted by molar-refractivity contribution is -0.118. The van der Waals surface area contributed by atoms with Gasteiger partial charge < -0.3 is 9.74 Å². The van der Waals surface area contributed by atoms with Gasteiger partial charge in [-0.1, -0.05) is 20.8 Å². The molecule has 0 bridgehead atoms. The molecule has 1 N–H and O–H groups in total. The summed E-state index contributed by atoms with van der Waals surface area (Å²) in [4.78, 5) is 20.5. The zero-order chi connectivity index (χ0) is 13.5. The Balaban J connectivity index is 3.10. The number of aryl methyl sites for hydroxylation is 2. The summed E-state index contributed by atoms with van der Waals surface area (Å²) >= 11 is 0. The maximum atomic E-state index is 11.6. The lowest BCUT2D eigenvalue weighted by Crippen LogP contribution is -2.21. The summed E-state index contributed by atoms with van der Waals surface area (Å²) in [5.41, 5.74) is 2.04. The Morgan fingerprint density at radius 3 is 2.44 bits per heavy atom. The third-order valence-corrected chi connectivity index (χ3v) is 2.97. The van der Waals surface area contributed by atoms with Crippen LogP contribution < -0.4 is 5.32 Å². The minimum Gasteiger partial charge on any atom is -0.419 e. The van der Waals surface area contributed by atoms with E-state index in [1.165, 1.54) is 0 Å². The lowest BCUT2D eigenvalue weighted by atomic mass is 10.1. The molecule has 0 spiro atoms. The van der Waals surface area contributed by atoms with Crippen molar-refractivity contribution in [3.05, 3.63) is 17.1 Å². The van der Waals surface area contributed by atoms with Crippen molar-refractivity contribution in [1.29, 1.82) is 0 Å². The summed E-state index contributed by atoms with van der Waals surface area (Å²) in [5.74, 6) is 1.26. The highest BCUT2D eigenvalue weighted by Gasteiger charge is 2.13. The molecule has 100 valence electrons. The lowest BCUT2D eigenvalue weighted by Gasteiger charge is -2.13. The van der Waals surface area contributed by atoms with E-state index in [-0.39, 0.29) is 12.5 Å². The summed E-state index contributed by atoms with van der Waals surface area (Å²) in [5, 5.41) is 2.82. The number of carbonyl (C=O) groups is 1. The van der Waals surface area contributed by atoms with Gasteiger partial charge in [-0.25, -0.2) is 9.97 Å². The van der Waals surface area contributed by atoms with Gasteiger partial charge in [0.25, 0.3) is 0 Å². The molecule has 0 atom stereocenters. The second-order valence-electron chi connectivity index (χ2n) is 3.96. The van der Waals surface area contributed by atoms with Crippen LogP contribution >= 0.6 is 0 Å². The number of anilines is 1. The summed E-state index contributed by atoms with van der Waals surface area (Å²) in [7, 11) is 0.557. The molecule has 1 rings (SSSR count). The second kappa shape index (κ2) is 7.23. The molecule has 0 aromatic carbocycles. The van der Waals surface area contributed by atoms with Gasteiger partial charge in [-0.15, -0.1) is 0 Å². The molecule has 0 radical (unpaired) electrons. The Morgan fingerprint density at radius 2 is 1.94 bits per heavy atom.